The Balaban J connectivity index is 1.85. The number of nitrogens with zero attached hydrogens (tertiary/aromatic N) is 3. The van der Waals surface area contributed by atoms with Gasteiger partial charge in [-0.15, -0.1) is 0 Å². The molecule has 15 heavy (non-hydrogen) atoms. The van der Waals surface area contributed by atoms with E-state index in [-0.39, 0.29) is 0 Å². The molecule has 1 aliphatic rings. The number of aryl methyl sites for hydroxylation is 1. The zero-order chi connectivity index (χ0) is 10.3. The molecule has 2 aromatic heterocycles. The third-order valence-corrected chi connectivity index (χ3v) is 2.76. The number of hydrogen-bond acceptors (Lipinski definition) is 3. The molecule has 78 valence electrons. The molecule has 1 N–H and O–H groups in total. The van der Waals surface area contributed by atoms with Gasteiger partial charge < -0.3 is 5.32 Å². The fraction of sp³-hybridized carbons (Fsp3) is 0.455. The van der Waals surface area contributed by atoms with Crippen molar-refractivity contribution in [2.75, 3.05) is 0 Å². The molecule has 0 aliphatic heterocycles. The smallest absolute Gasteiger partial charge is 0.157 e. The molecule has 2 heterocycles. The lowest BCUT2D eigenvalue weighted by molar-refractivity contribution is 0.680. The molecule has 1 aliphatic carbocycles. The highest BCUT2D eigenvalue weighted by molar-refractivity contribution is 5.45. The second-order valence-corrected chi connectivity index (χ2v) is 4.21. The largest absolute Gasteiger partial charge is 0.310 e. The minimum atomic E-state index is 0.736. The van der Waals surface area contributed by atoms with E-state index >= 15 is 0 Å². The van der Waals surface area contributed by atoms with Gasteiger partial charge in [-0.3, -0.25) is 0 Å². The zero-order valence-corrected chi connectivity index (χ0v) is 8.77. The third-order valence-electron chi connectivity index (χ3n) is 2.76. The molecule has 4 heteroatoms. The van der Waals surface area contributed by atoms with Gasteiger partial charge in [0.1, 0.15) is 0 Å². The average Bonchev–Trinajstić information content (AvgIpc) is 3.01. The van der Waals surface area contributed by atoms with Gasteiger partial charge >= 0.3 is 0 Å². The minimum Gasteiger partial charge on any atom is -0.310 e. The molecule has 1 saturated carbocycles. The normalized spacial score (nSPS) is 16.1. The SMILES string of the molecule is Cc1cnn2cc(CNC3CC3)cnc12. The summed E-state index contributed by atoms with van der Waals surface area (Å²) in [5.74, 6) is 0. The van der Waals surface area contributed by atoms with Crippen LogP contribution in [-0.4, -0.2) is 20.6 Å². The van der Waals surface area contributed by atoms with E-state index in [4.69, 9.17) is 0 Å². The summed E-state index contributed by atoms with van der Waals surface area (Å²) in [5.41, 5.74) is 3.26. The number of rotatable bonds is 3. The lowest BCUT2D eigenvalue weighted by atomic mass is 10.3. The van der Waals surface area contributed by atoms with Crippen molar-refractivity contribution < 1.29 is 0 Å². The minimum absolute atomic E-state index is 0.736. The lowest BCUT2D eigenvalue weighted by Gasteiger charge is -2.02. The fourth-order valence-corrected chi connectivity index (χ4v) is 1.67. The van der Waals surface area contributed by atoms with Crippen LogP contribution in [0.5, 0.6) is 0 Å². The molecule has 4 nitrogen and oxygen atoms in total. The van der Waals surface area contributed by atoms with Crippen molar-refractivity contribution in [2.24, 2.45) is 0 Å². The summed E-state index contributed by atoms with van der Waals surface area (Å²) >= 11 is 0. The molecule has 2 aromatic rings. The van der Waals surface area contributed by atoms with E-state index in [1.54, 1.807) is 0 Å². The number of fused-ring (bicyclic) bond motifs is 1. The van der Waals surface area contributed by atoms with Crippen LogP contribution in [0.2, 0.25) is 0 Å². The highest BCUT2D eigenvalue weighted by atomic mass is 15.2. The van der Waals surface area contributed by atoms with Gasteiger partial charge in [0.25, 0.3) is 0 Å². The molecule has 0 unspecified atom stereocenters. The molecule has 0 atom stereocenters. The van der Waals surface area contributed by atoms with Gasteiger partial charge in [-0.05, 0) is 19.8 Å². The molecule has 0 radical (unpaired) electrons. The van der Waals surface area contributed by atoms with E-state index in [2.05, 4.69) is 15.4 Å². The monoisotopic (exact) mass is 202 g/mol. The second-order valence-electron chi connectivity index (χ2n) is 4.21. The molecule has 0 aromatic carbocycles. The van der Waals surface area contributed by atoms with Gasteiger partial charge in [-0.1, -0.05) is 0 Å². The van der Waals surface area contributed by atoms with Crippen LogP contribution in [0.15, 0.2) is 18.6 Å². The van der Waals surface area contributed by atoms with Crippen LogP contribution >= 0.6 is 0 Å². The standard InChI is InChI=1S/C11H14N4/c1-8-4-14-15-7-9(6-13-11(8)15)5-12-10-2-3-10/h4,6-7,10,12H,2-3,5H2,1H3. The third kappa shape index (κ3) is 1.72. The molecule has 1 fully saturated rings. The Bertz CT molecular complexity index is 484. The van der Waals surface area contributed by atoms with Crippen LogP contribution < -0.4 is 5.32 Å². The Hall–Kier alpha value is -1.42. The Kier molecular flexibility index (Phi) is 1.95. The lowest BCUT2D eigenvalue weighted by Crippen LogP contribution is -2.15. The maximum absolute atomic E-state index is 4.40. The molecule has 0 bridgehead atoms. The molecular weight excluding hydrogens is 188 g/mol. The second kappa shape index (κ2) is 3.31. The Morgan fingerprint density at radius 3 is 3.13 bits per heavy atom. The highest BCUT2D eigenvalue weighted by Crippen LogP contribution is 2.19. The van der Waals surface area contributed by atoms with Crippen LogP contribution in [0.3, 0.4) is 0 Å². The maximum atomic E-state index is 4.40. The number of nitrogens with one attached hydrogen (secondary N) is 1. The first-order chi connectivity index (χ1) is 7.33. The first kappa shape index (κ1) is 8.85. The van der Waals surface area contributed by atoms with Crippen LogP contribution in [0, 0.1) is 6.92 Å². The van der Waals surface area contributed by atoms with Crippen molar-refractivity contribution in [1.29, 1.82) is 0 Å². The Morgan fingerprint density at radius 1 is 1.47 bits per heavy atom. The van der Waals surface area contributed by atoms with Crippen molar-refractivity contribution in [3.8, 4) is 0 Å². The highest BCUT2D eigenvalue weighted by Gasteiger charge is 2.20. The van der Waals surface area contributed by atoms with Gasteiger partial charge in [0, 0.05) is 36.1 Å². The van der Waals surface area contributed by atoms with Gasteiger partial charge in [0.2, 0.25) is 0 Å². The molecule has 0 amide bonds. The van der Waals surface area contributed by atoms with E-state index in [0.717, 1.165) is 23.8 Å². The Labute approximate surface area is 88.3 Å². The molecule has 3 rings (SSSR count). The van der Waals surface area contributed by atoms with E-state index in [1.165, 1.54) is 18.4 Å². The fourth-order valence-electron chi connectivity index (χ4n) is 1.67. The first-order valence-electron chi connectivity index (χ1n) is 5.35. The van der Waals surface area contributed by atoms with Gasteiger partial charge in [0.05, 0.1) is 6.20 Å². The van der Waals surface area contributed by atoms with E-state index in [1.807, 2.05) is 30.0 Å². The molecule has 0 spiro atoms. The van der Waals surface area contributed by atoms with E-state index in [0.29, 0.717) is 0 Å². The maximum Gasteiger partial charge on any atom is 0.157 e. The van der Waals surface area contributed by atoms with Gasteiger partial charge in [-0.2, -0.15) is 5.10 Å². The van der Waals surface area contributed by atoms with Crippen molar-refractivity contribution >= 4 is 5.65 Å². The van der Waals surface area contributed by atoms with E-state index in [9.17, 15) is 0 Å². The quantitative estimate of drug-likeness (QED) is 0.815. The topological polar surface area (TPSA) is 42.2 Å². The average molecular weight is 202 g/mol. The Morgan fingerprint density at radius 2 is 2.33 bits per heavy atom. The summed E-state index contributed by atoms with van der Waals surface area (Å²) < 4.78 is 1.85. The number of aromatic nitrogens is 3. The van der Waals surface area contributed by atoms with Crippen LogP contribution in [0.1, 0.15) is 24.0 Å². The van der Waals surface area contributed by atoms with Gasteiger partial charge in [-0.25, -0.2) is 9.50 Å². The zero-order valence-electron chi connectivity index (χ0n) is 8.77. The number of hydrogen-bond donors (Lipinski definition) is 1. The summed E-state index contributed by atoms with van der Waals surface area (Å²) in [5, 5.41) is 7.71. The summed E-state index contributed by atoms with van der Waals surface area (Å²) in [6, 6.07) is 0.736. The summed E-state index contributed by atoms with van der Waals surface area (Å²) in [6.45, 7) is 2.92. The summed E-state index contributed by atoms with van der Waals surface area (Å²) in [4.78, 5) is 4.40. The van der Waals surface area contributed by atoms with Gasteiger partial charge in [0.15, 0.2) is 5.65 Å². The van der Waals surface area contributed by atoms with Crippen LogP contribution in [-0.2, 0) is 6.54 Å². The molecule has 0 saturated heterocycles. The van der Waals surface area contributed by atoms with Crippen LogP contribution in [0.25, 0.3) is 5.65 Å². The summed E-state index contributed by atoms with van der Waals surface area (Å²) in [7, 11) is 0. The van der Waals surface area contributed by atoms with E-state index < -0.39 is 0 Å². The predicted molar refractivity (Wildman–Crippen MR) is 57.6 cm³/mol. The predicted octanol–water partition coefficient (Wildman–Crippen LogP) is 1.29. The summed E-state index contributed by atoms with van der Waals surface area (Å²) in [6.07, 6.45) is 8.46. The van der Waals surface area contributed by atoms with Crippen molar-refractivity contribution in [3.05, 3.63) is 29.7 Å². The van der Waals surface area contributed by atoms with Crippen LogP contribution in [0.4, 0.5) is 0 Å². The first-order valence-corrected chi connectivity index (χ1v) is 5.35. The molecular formula is C11H14N4. The van der Waals surface area contributed by atoms with Crippen molar-refractivity contribution in [2.45, 2.75) is 32.4 Å². The van der Waals surface area contributed by atoms with Crippen molar-refractivity contribution in [1.82, 2.24) is 19.9 Å². The van der Waals surface area contributed by atoms with Crippen molar-refractivity contribution in [3.63, 3.8) is 0 Å².